The number of nitrogens with zero attached hydrogens (tertiary/aromatic N) is 1. The summed E-state index contributed by atoms with van der Waals surface area (Å²) in [6.45, 7) is 1.77. The lowest BCUT2D eigenvalue weighted by Gasteiger charge is -2.23. The van der Waals surface area contributed by atoms with Gasteiger partial charge in [-0.15, -0.1) is 0 Å². The summed E-state index contributed by atoms with van der Waals surface area (Å²) in [6.07, 6.45) is -0.0421. The van der Waals surface area contributed by atoms with Crippen LogP contribution in [0.25, 0.3) is 11.1 Å². The van der Waals surface area contributed by atoms with Crippen molar-refractivity contribution < 1.29 is 27.8 Å². The van der Waals surface area contributed by atoms with Crippen molar-refractivity contribution >= 4 is 5.97 Å². The Morgan fingerprint density at radius 1 is 1.15 bits per heavy atom. The fraction of sp³-hybridized carbons (Fsp3) is 0.368. The first-order valence-corrected chi connectivity index (χ1v) is 8.48. The highest BCUT2D eigenvalue weighted by Crippen LogP contribution is 2.30. The van der Waals surface area contributed by atoms with E-state index in [4.69, 9.17) is 4.74 Å². The molecule has 1 aromatic heterocycles. The van der Waals surface area contributed by atoms with E-state index in [-0.39, 0.29) is 17.0 Å². The molecule has 0 spiro atoms. The number of hydrogen-bond donors (Lipinski definition) is 1. The van der Waals surface area contributed by atoms with Gasteiger partial charge in [-0.25, -0.2) is 4.79 Å². The van der Waals surface area contributed by atoms with Crippen molar-refractivity contribution in [3.05, 3.63) is 58.0 Å². The lowest BCUT2D eigenvalue weighted by atomic mass is 9.99. The third kappa shape index (κ3) is 4.39. The first kappa shape index (κ1) is 19.2. The maximum Gasteiger partial charge on any atom is 0.416 e. The largest absolute Gasteiger partial charge is 0.477 e. The fourth-order valence-corrected chi connectivity index (χ4v) is 3.16. The van der Waals surface area contributed by atoms with Crippen molar-refractivity contribution in [2.45, 2.75) is 25.6 Å². The van der Waals surface area contributed by atoms with E-state index in [0.717, 1.165) is 25.0 Å². The second-order valence-corrected chi connectivity index (χ2v) is 6.55. The quantitative estimate of drug-likeness (QED) is 0.878. The van der Waals surface area contributed by atoms with Crippen LogP contribution in [0.1, 0.15) is 28.8 Å². The Kier molecular flexibility index (Phi) is 5.36. The molecular formula is C19H18F3NO4. The van der Waals surface area contributed by atoms with Gasteiger partial charge in [-0.3, -0.25) is 4.79 Å². The van der Waals surface area contributed by atoms with Gasteiger partial charge in [0, 0.05) is 37.7 Å². The maximum atomic E-state index is 12.7. The normalized spacial score (nSPS) is 15.7. The smallest absolute Gasteiger partial charge is 0.416 e. The van der Waals surface area contributed by atoms with E-state index in [2.05, 4.69) is 0 Å². The standard InChI is InChI=1S/C19H18F3NO4/c20-19(21,22)14-3-1-13(2-4-14)15-10-23(9-12-5-7-27-8-6-12)11-16(17(15)24)18(25)26/h1-4,10-12H,5-9H2,(H,25,26). The van der Waals surface area contributed by atoms with Crippen molar-refractivity contribution in [2.75, 3.05) is 13.2 Å². The summed E-state index contributed by atoms with van der Waals surface area (Å²) in [4.78, 5) is 24.0. The molecule has 1 aliphatic rings. The molecule has 0 atom stereocenters. The van der Waals surface area contributed by atoms with Crippen molar-refractivity contribution in [3.8, 4) is 11.1 Å². The van der Waals surface area contributed by atoms with E-state index in [1.807, 2.05) is 0 Å². The van der Waals surface area contributed by atoms with E-state index in [1.165, 1.54) is 24.5 Å². The molecule has 0 saturated carbocycles. The van der Waals surface area contributed by atoms with Gasteiger partial charge in [-0.1, -0.05) is 12.1 Å². The number of aromatic carboxylic acids is 1. The predicted molar refractivity (Wildman–Crippen MR) is 91.6 cm³/mol. The van der Waals surface area contributed by atoms with Crippen LogP contribution in [0.4, 0.5) is 13.2 Å². The molecule has 1 fully saturated rings. The van der Waals surface area contributed by atoms with Gasteiger partial charge in [0.25, 0.3) is 0 Å². The van der Waals surface area contributed by atoms with E-state index < -0.39 is 28.7 Å². The molecule has 0 radical (unpaired) electrons. The number of halogens is 3. The van der Waals surface area contributed by atoms with E-state index in [9.17, 15) is 27.9 Å². The molecule has 0 bridgehead atoms. The van der Waals surface area contributed by atoms with Crippen LogP contribution < -0.4 is 5.43 Å². The summed E-state index contributed by atoms with van der Waals surface area (Å²) in [5.74, 6) is -1.09. The summed E-state index contributed by atoms with van der Waals surface area (Å²) in [5.41, 5.74) is -1.64. The number of rotatable bonds is 4. The van der Waals surface area contributed by atoms with E-state index >= 15 is 0 Å². The maximum absolute atomic E-state index is 12.7. The molecule has 1 aliphatic heterocycles. The Balaban J connectivity index is 2.00. The first-order chi connectivity index (χ1) is 12.8. The van der Waals surface area contributed by atoms with Gasteiger partial charge in [-0.05, 0) is 36.5 Å². The van der Waals surface area contributed by atoms with Gasteiger partial charge >= 0.3 is 12.1 Å². The van der Waals surface area contributed by atoms with Gasteiger partial charge in [0.1, 0.15) is 5.56 Å². The molecule has 8 heteroatoms. The average Bonchev–Trinajstić information content (AvgIpc) is 2.63. The molecule has 2 aromatic rings. The zero-order valence-electron chi connectivity index (χ0n) is 14.3. The van der Waals surface area contributed by atoms with E-state index in [0.29, 0.717) is 19.8 Å². The molecule has 1 aromatic carbocycles. The van der Waals surface area contributed by atoms with Crippen LogP contribution >= 0.6 is 0 Å². The topological polar surface area (TPSA) is 68.5 Å². The van der Waals surface area contributed by atoms with Gasteiger partial charge < -0.3 is 14.4 Å². The summed E-state index contributed by atoms with van der Waals surface area (Å²) in [6, 6.07) is 4.13. The zero-order chi connectivity index (χ0) is 19.6. The number of pyridine rings is 1. The number of aromatic nitrogens is 1. The molecule has 0 unspecified atom stereocenters. The minimum atomic E-state index is -4.48. The molecular weight excluding hydrogens is 363 g/mol. The minimum Gasteiger partial charge on any atom is -0.477 e. The highest BCUT2D eigenvalue weighted by Gasteiger charge is 2.30. The van der Waals surface area contributed by atoms with Crippen molar-refractivity contribution in [1.82, 2.24) is 4.57 Å². The number of benzene rings is 1. The molecule has 1 N–H and O–H groups in total. The molecule has 2 heterocycles. The van der Waals surface area contributed by atoms with Crippen LogP contribution in [0.5, 0.6) is 0 Å². The summed E-state index contributed by atoms with van der Waals surface area (Å²) < 4.78 is 45.2. The lowest BCUT2D eigenvalue weighted by molar-refractivity contribution is -0.137. The second kappa shape index (κ2) is 7.56. The highest BCUT2D eigenvalue weighted by molar-refractivity contribution is 5.88. The number of hydrogen-bond acceptors (Lipinski definition) is 3. The SMILES string of the molecule is O=C(O)c1cn(CC2CCOCC2)cc(-c2ccc(C(F)(F)F)cc2)c1=O. The van der Waals surface area contributed by atoms with Gasteiger partial charge in [0.05, 0.1) is 5.56 Å². The fourth-order valence-electron chi connectivity index (χ4n) is 3.16. The molecule has 3 rings (SSSR count). The molecule has 5 nitrogen and oxygen atoms in total. The van der Waals surface area contributed by atoms with Crippen LogP contribution in [-0.2, 0) is 17.5 Å². The Hall–Kier alpha value is -2.61. The Bertz CT molecular complexity index is 881. The van der Waals surface area contributed by atoms with E-state index in [1.54, 1.807) is 4.57 Å². The van der Waals surface area contributed by atoms with Gasteiger partial charge in [-0.2, -0.15) is 13.2 Å². The number of ether oxygens (including phenoxy) is 1. The first-order valence-electron chi connectivity index (χ1n) is 8.48. The minimum absolute atomic E-state index is 0.0654. The molecule has 144 valence electrons. The number of carbonyl (C=O) groups is 1. The number of carboxylic acid groups (broad SMARTS) is 1. The number of alkyl halides is 3. The van der Waals surface area contributed by atoms with Gasteiger partial charge in [0.15, 0.2) is 0 Å². The van der Waals surface area contributed by atoms with Crippen molar-refractivity contribution in [1.29, 1.82) is 0 Å². The lowest BCUT2D eigenvalue weighted by Crippen LogP contribution is -2.24. The molecule has 0 amide bonds. The van der Waals surface area contributed by atoms with Crippen LogP contribution in [0.2, 0.25) is 0 Å². The summed E-state index contributed by atoms with van der Waals surface area (Å²) >= 11 is 0. The van der Waals surface area contributed by atoms with Crippen LogP contribution in [-0.4, -0.2) is 28.9 Å². The molecule has 1 saturated heterocycles. The molecule has 27 heavy (non-hydrogen) atoms. The highest BCUT2D eigenvalue weighted by atomic mass is 19.4. The monoisotopic (exact) mass is 381 g/mol. The molecule has 0 aliphatic carbocycles. The number of carboxylic acids is 1. The summed E-state index contributed by atoms with van der Waals surface area (Å²) in [5, 5.41) is 9.34. The Morgan fingerprint density at radius 3 is 2.33 bits per heavy atom. The third-order valence-electron chi connectivity index (χ3n) is 4.64. The summed E-state index contributed by atoms with van der Waals surface area (Å²) in [7, 11) is 0. The second-order valence-electron chi connectivity index (χ2n) is 6.55. The third-order valence-corrected chi connectivity index (χ3v) is 4.64. The van der Waals surface area contributed by atoms with Crippen molar-refractivity contribution in [2.24, 2.45) is 5.92 Å². The van der Waals surface area contributed by atoms with Crippen LogP contribution in [0.15, 0.2) is 41.5 Å². The van der Waals surface area contributed by atoms with Gasteiger partial charge in [0.2, 0.25) is 5.43 Å². The van der Waals surface area contributed by atoms with Crippen molar-refractivity contribution in [3.63, 3.8) is 0 Å². The predicted octanol–water partition coefficient (Wildman–Crippen LogP) is 3.66. The Morgan fingerprint density at radius 2 is 1.78 bits per heavy atom. The Labute approximate surface area is 153 Å². The van der Waals surface area contributed by atoms with Crippen LogP contribution in [0, 0.1) is 5.92 Å². The van der Waals surface area contributed by atoms with Crippen LogP contribution in [0.3, 0.4) is 0 Å². The zero-order valence-corrected chi connectivity index (χ0v) is 14.3. The average molecular weight is 381 g/mol.